The third-order valence-electron chi connectivity index (χ3n) is 4.43. The zero-order valence-electron chi connectivity index (χ0n) is 13.7. The first-order valence-electron chi connectivity index (χ1n) is 8.39. The average Bonchev–Trinajstić information content (AvgIpc) is 2.54. The number of nitrogens with zero attached hydrogens (tertiary/aromatic N) is 2. The summed E-state index contributed by atoms with van der Waals surface area (Å²) in [6.45, 7) is 4.53. The minimum atomic E-state index is 0.279. The Morgan fingerprint density at radius 2 is 1.95 bits per heavy atom. The van der Waals surface area contributed by atoms with Crippen LogP contribution in [0.15, 0.2) is 30.3 Å². The van der Waals surface area contributed by atoms with Crippen LogP contribution in [0, 0.1) is 5.92 Å². The zero-order valence-corrected chi connectivity index (χ0v) is 13.7. The van der Waals surface area contributed by atoms with Crippen molar-refractivity contribution in [2.75, 3.05) is 33.2 Å². The molecule has 0 aromatic heterocycles. The molecule has 2 N–H and O–H groups in total. The fraction of sp³-hybridized carbons (Fsp3) is 0.611. The highest BCUT2D eigenvalue weighted by atomic mass is 16.2. The maximum Gasteiger partial charge on any atom is 0.222 e. The number of hydrogen-bond acceptors (Lipinski definition) is 3. The number of piperidine rings is 1. The Morgan fingerprint density at radius 3 is 2.59 bits per heavy atom. The lowest BCUT2D eigenvalue weighted by atomic mass is 9.96. The molecule has 0 atom stereocenters. The summed E-state index contributed by atoms with van der Waals surface area (Å²) >= 11 is 0. The van der Waals surface area contributed by atoms with E-state index in [0.717, 1.165) is 45.4 Å². The van der Waals surface area contributed by atoms with Crippen molar-refractivity contribution in [1.82, 2.24) is 9.80 Å². The molecule has 1 fully saturated rings. The van der Waals surface area contributed by atoms with Crippen molar-refractivity contribution in [3.05, 3.63) is 35.9 Å². The Labute approximate surface area is 134 Å². The molecule has 0 saturated carbocycles. The summed E-state index contributed by atoms with van der Waals surface area (Å²) < 4.78 is 0. The first kappa shape index (κ1) is 17.0. The third-order valence-corrected chi connectivity index (χ3v) is 4.43. The van der Waals surface area contributed by atoms with E-state index < -0.39 is 0 Å². The lowest BCUT2D eigenvalue weighted by Gasteiger charge is -2.34. The van der Waals surface area contributed by atoms with Gasteiger partial charge in [0.1, 0.15) is 0 Å². The topological polar surface area (TPSA) is 49.6 Å². The van der Waals surface area contributed by atoms with Gasteiger partial charge < -0.3 is 15.5 Å². The van der Waals surface area contributed by atoms with E-state index in [0.29, 0.717) is 18.9 Å². The maximum absolute atomic E-state index is 12.0. The Hall–Kier alpha value is -1.39. The van der Waals surface area contributed by atoms with Gasteiger partial charge in [0.2, 0.25) is 5.91 Å². The maximum atomic E-state index is 12.0. The van der Waals surface area contributed by atoms with E-state index in [1.54, 1.807) is 0 Å². The molecule has 1 amide bonds. The van der Waals surface area contributed by atoms with Crippen molar-refractivity contribution in [2.45, 2.75) is 32.2 Å². The van der Waals surface area contributed by atoms with Crippen LogP contribution in [0.3, 0.4) is 0 Å². The fourth-order valence-electron chi connectivity index (χ4n) is 3.18. The van der Waals surface area contributed by atoms with Gasteiger partial charge in [-0.2, -0.15) is 0 Å². The summed E-state index contributed by atoms with van der Waals surface area (Å²) in [6.07, 6.45) is 3.65. The number of likely N-dealkylation sites (tertiary alicyclic amines) is 1. The second kappa shape index (κ2) is 8.91. The van der Waals surface area contributed by atoms with E-state index >= 15 is 0 Å². The number of carbonyl (C=O) groups excluding carboxylic acids is 1. The number of carbonyl (C=O) groups is 1. The summed E-state index contributed by atoms with van der Waals surface area (Å²) in [5.74, 6) is 0.980. The SMILES string of the molecule is CN(Cc1ccccc1)CC1CCN(C(=O)CCCN)CC1. The van der Waals surface area contributed by atoms with Gasteiger partial charge in [-0.1, -0.05) is 30.3 Å². The molecule has 1 heterocycles. The molecule has 0 bridgehead atoms. The normalized spacial score (nSPS) is 16.2. The summed E-state index contributed by atoms with van der Waals surface area (Å²) in [6, 6.07) is 10.6. The average molecular weight is 303 g/mol. The van der Waals surface area contributed by atoms with Gasteiger partial charge in [-0.25, -0.2) is 0 Å². The molecule has 1 saturated heterocycles. The van der Waals surface area contributed by atoms with Gasteiger partial charge >= 0.3 is 0 Å². The highest BCUT2D eigenvalue weighted by Gasteiger charge is 2.23. The summed E-state index contributed by atoms with van der Waals surface area (Å²) in [4.78, 5) is 16.4. The van der Waals surface area contributed by atoms with Gasteiger partial charge in [0.25, 0.3) is 0 Å². The first-order valence-corrected chi connectivity index (χ1v) is 8.39. The Kier molecular flexibility index (Phi) is 6.87. The highest BCUT2D eigenvalue weighted by molar-refractivity contribution is 5.76. The van der Waals surface area contributed by atoms with E-state index in [4.69, 9.17) is 5.73 Å². The monoisotopic (exact) mass is 303 g/mol. The fourth-order valence-corrected chi connectivity index (χ4v) is 3.18. The molecule has 1 aliphatic rings. The van der Waals surface area contributed by atoms with E-state index in [9.17, 15) is 4.79 Å². The van der Waals surface area contributed by atoms with Gasteiger partial charge in [0.15, 0.2) is 0 Å². The molecule has 2 rings (SSSR count). The summed E-state index contributed by atoms with van der Waals surface area (Å²) in [5.41, 5.74) is 6.83. The van der Waals surface area contributed by atoms with E-state index in [1.807, 2.05) is 4.90 Å². The van der Waals surface area contributed by atoms with Gasteiger partial charge in [-0.05, 0) is 44.3 Å². The van der Waals surface area contributed by atoms with E-state index in [-0.39, 0.29) is 5.91 Å². The van der Waals surface area contributed by atoms with Crippen LogP contribution in [0.4, 0.5) is 0 Å². The summed E-state index contributed by atoms with van der Waals surface area (Å²) in [7, 11) is 2.19. The number of amides is 1. The molecule has 1 aliphatic heterocycles. The van der Waals surface area contributed by atoms with Crippen LogP contribution < -0.4 is 5.73 Å². The molecular formula is C18H29N3O. The van der Waals surface area contributed by atoms with Crippen molar-refractivity contribution < 1.29 is 4.79 Å². The number of rotatable bonds is 7. The van der Waals surface area contributed by atoms with Crippen LogP contribution in [0.25, 0.3) is 0 Å². The zero-order chi connectivity index (χ0) is 15.8. The molecular weight excluding hydrogens is 274 g/mol. The molecule has 22 heavy (non-hydrogen) atoms. The van der Waals surface area contributed by atoms with Crippen LogP contribution in [0.1, 0.15) is 31.2 Å². The van der Waals surface area contributed by atoms with Crippen molar-refractivity contribution in [2.24, 2.45) is 11.7 Å². The van der Waals surface area contributed by atoms with Gasteiger partial charge in [0.05, 0.1) is 0 Å². The number of hydrogen-bond donors (Lipinski definition) is 1. The van der Waals surface area contributed by atoms with Crippen LogP contribution in [0.5, 0.6) is 0 Å². The minimum Gasteiger partial charge on any atom is -0.343 e. The number of benzene rings is 1. The summed E-state index contributed by atoms with van der Waals surface area (Å²) in [5, 5.41) is 0. The largest absolute Gasteiger partial charge is 0.343 e. The standard InChI is InChI=1S/C18H29N3O/c1-20(14-16-6-3-2-4-7-16)15-17-9-12-21(13-10-17)18(22)8-5-11-19/h2-4,6-7,17H,5,8-15,19H2,1H3. The predicted octanol–water partition coefficient (Wildman–Crippen LogP) is 2.10. The molecule has 4 heteroatoms. The molecule has 122 valence electrons. The smallest absolute Gasteiger partial charge is 0.222 e. The van der Waals surface area contributed by atoms with Crippen LogP contribution in [-0.4, -0.2) is 48.9 Å². The lowest BCUT2D eigenvalue weighted by Crippen LogP contribution is -2.41. The lowest BCUT2D eigenvalue weighted by molar-refractivity contribution is -0.132. The molecule has 1 aromatic carbocycles. The van der Waals surface area contributed by atoms with Crippen LogP contribution in [-0.2, 0) is 11.3 Å². The second-order valence-corrected chi connectivity index (χ2v) is 6.40. The van der Waals surface area contributed by atoms with Crippen molar-refractivity contribution in [1.29, 1.82) is 0 Å². The Bertz CT molecular complexity index is 441. The molecule has 0 aliphatic carbocycles. The van der Waals surface area contributed by atoms with Gasteiger partial charge in [-0.3, -0.25) is 4.79 Å². The van der Waals surface area contributed by atoms with Gasteiger partial charge in [0, 0.05) is 32.6 Å². The van der Waals surface area contributed by atoms with E-state index in [1.165, 1.54) is 5.56 Å². The Balaban J connectivity index is 1.69. The molecule has 1 aromatic rings. The van der Waals surface area contributed by atoms with Crippen LogP contribution >= 0.6 is 0 Å². The predicted molar refractivity (Wildman–Crippen MR) is 90.4 cm³/mol. The van der Waals surface area contributed by atoms with Gasteiger partial charge in [-0.15, -0.1) is 0 Å². The molecule has 4 nitrogen and oxygen atoms in total. The Morgan fingerprint density at radius 1 is 1.27 bits per heavy atom. The van der Waals surface area contributed by atoms with E-state index in [2.05, 4.69) is 42.3 Å². The molecule has 0 spiro atoms. The van der Waals surface area contributed by atoms with Crippen LogP contribution in [0.2, 0.25) is 0 Å². The quantitative estimate of drug-likeness (QED) is 0.839. The number of nitrogens with two attached hydrogens (primary N) is 1. The second-order valence-electron chi connectivity index (χ2n) is 6.40. The molecule has 0 unspecified atom stereocenters. The third kappa shape index (κ3) is 5.43. The van der Waals surface area contributed by atoms with Crippen molar-refractivity contribution in [3.8, 4) is 0 Å². The highest BCUT2D eigenvalue weighted by Crippen LogP contribution is 2.19. The van der Waals surface area contributed by atoms with Crippen molar-refractivity contribution in [3.63, 3.8) is 0 Å². The minimum absolute atomic E-state index is 0.279. The van der Waals surface area contributed by atoms with Crippen molar-refractivity contribution >= 4 is 5.91 Å². The molecule has 0 radical (unpaired) electrons. The first-order chi connectivity index (χ1) is 10.7.